The van der Waals surface area contributed by atoms with Gasteiger partial charge in [0.25, 0.3) is 0 Å². The van der Waals surface area contributed by atoms with Crippen LogP contribution >= 0.6 is 11.8 Å². The van der Waals surface area contributed by atoms with Crippen molar-refractivity contribution in [1.82, 2.24) is 0 Å². The number of thioether (sulfide) groups is 1. The summed E-state index contributed by atoms with van der Waals surface area (Å²) in [5.41, 5.74) is 3.78. The summed E-state index contributed by atoms with van der Waals surface area (Å²) in [6, 6.07) is 26.5. The van der Waals surface area contributed by atoms with E-state index < -0.39 is 5.60 Å². The summed E-state index contributed by atoms with van der Waals surface area (Å²) < 4.78 is 0. The van der Waals surface area contributed by atoms with Crippen molar-refractivity contribution in [1.29, 1.82) is 0 Å². The summed E-state index contributed by atoms with van der Waals surface area (Å²) in [5.74, 6) is 2.35. The maximum atomic E-state index is 12.0. The fourth-order valence-corrected chi connectivity index (χ4v) is 4.82. The minimum atomic E-state index is -1.19. The molecule has 1 N–H and O–H groups in total. The van der Waals surface area contributed by atoms with Crippen LogP contribution in [-0.4, -0.2) is 43.8 Å². The number of nitrogens with zero attached hydrogens (tertiary/aromatic N) is 2. The van der Waals surface area contributed by atoms with E-state index >= 15 is 0 Å². The molecule has 150 valence electrons. The van der Waals surface area contributed by atoms with Crippen molar-refractivity contribution >= 4 is 23.1 Å². The van der Waals surface area contributed by atoms with Gasteiger partial charge in [0.05, 0.1) is 0 Å². The first-order chi connectivity index (χ1) is 14.1. The predicted molar refractivity (Wildman–Crippen MR) is 125 cm³/mol. The number of aliphatic hydroxyl groups is 1. The topological polar surface area (TPSA) is 26.7 Å². The molecule has 4 rings (SSSR count). The predicted octanol–water partition coefficient (Wildman–Crippen LogP) is 4.59. The van der Waals surface area contributed by atoms with E-state index in [1.807, 2.05) is 68.3 Å². The van der Waals surface area contributed by atoms with Crippen LogP contribution in [0.5, 0.6) is 0 Å². The van der Waals surface area contributed by atoms with Gasteiger partial charge in [-0.1, -0.05) is 54.6 Å². The van der Waals surface area contributed by atoms with Crippen LogP contribution in [0.1, 0.15) is 16.7 Å². The zero-order chi connectivity index (χ0) is 20.3. The zero-order valence-corrected chi connectivity index (χ0v) is 17.9. The van der Waals surface area contributed by atoms with E-state index in [-0.39, 0.29) is 0 Å². The van der Waals surface area contributed by atoms with E-state index in [0.29, 0.717) is 0 Å². The van der Waals surface area contributed by atoms with Gasteiger partial charge in [-0.3, -0.25) is 0 Å². The van der Waals surface area contributed by atoms with E-state index in [9.17, 15) is 5.11 Å². The van der Waals surface area contributed by atoms with Crippen LogP contribution < -0.4 is 9.80 Å². The molecule has 3 aromatic carbocycles. The lowest BCUT2D eigenvalue weighted by Gasteiger charge is -2.32. The molecule has 4 heteroatoms. The molecule has 1 aliphatic heterocycles. The summed E-state index contributed by atoms with van der Waals surface area (Å²) in [6.07, 6.45) is 0. The lowest BCUT2D eigenvalue weighted by atomic mass is 9.80. The van der Waals surface area contributed by atoms with E-state index in [4.69, 9.17) is 0 Å². The molecule has 3 nitrogen and oxygen atoms in total. The second-order valence-electron chi connectivity index (χ2n) is 7.66. The molecule has 1 saturated heterocycles. The second-order valence-corrected chi connectivity index (χ2v) is 8.89. The van der Waals surface area contributed by atoms with Crippen LogP contribution in [0.2, 0.25) is 0 Å². The molecule has 1 heterocycles. The maximum Gasteiger partial charge on any atom is 0.140 e. The molecule has 0 radical (unpaired) electrons. The largest absolute Gasteiger partial charge is 0.378 e. The Morgan fingerprint density at radius 3 is 1.83 bits per heavy atom. The summed E-state index contributed by atoms with van der Waals surface area (Å²) >= 11 is 2.01. The minimum absolute atomic E-state index is 0.872. The molecule has 1 unspecified atom stereocenters. The van der Waals surface area contributed by atoms with Gasteiger partial charge in [-0.05, 0) is 41.0 Å². The van der Waals surface area contributed by atoms with Crippen molar-refractivity contribution in [3.8, 4) is 0 Å². The lowest BCUT2D eigenvalue weighted by molar-refractivity contribution is 0.126. The molecule has 0 saturated carbocycles. The Kier molecular flexibility index (Phi) is 5.84. The summed E-state index contributed by atoms with van der Waals surface area (Å²) in [7, 11) is 4.05. The third kappa shape index (κ3) is 4.00. The number of benzene rings is 3. The van der Waals surface area contributed by atoms with Crippen LogP contribution in [-0.2, 0) is 5.60 Å². The van der Waals surface area contributed by atoms with Gasteiger partial charge >= 0.3 is 0 Å². The average Bonchev–Trinajstić information content (AvgIpc) is 2.80. The van der Waals surface area contributed by atoms with Crippen LogP contribution in [0.25, 0.3) is 0 Å². The summed E-state index contributed by atoms with van der Waals surface area (Å²) in [6.45, 7) is 2.16. The maximum absolute atomic E-state index is 12.0. The second kappa shape index (κ2) is 8.52. The van der Waals surface area contributed by atoms with Gasteiger partial charge in [0.15, 0.2) is 0 Å². The van der Waals surface area contributed by atoms with Crippen molar-refractivity contribution in [2.75, 3.05) is 48.5 Å². The van der Waals surface area contributed by atoms with Gasteiger partial charge in [-0.25, -0.2) is 0 Å². The van der Waals surface area contributed by atoms with Crippen molar-refractivity contribution in [2.24, 2.45) is 0 Å². The molecule has 0 aromatic heterocycles. The molecule has 29 heavy (non-hydrogen) atoms. The highest BCUT2D eigenvalue weighted by atomic mass is 32.2. The zero-order valence-electron chi connectivity index (χ0n) is 17.1. The Morgan fingerprint density at radius 2 is 1.28 bits per heavy atom. The van der Waals surface area contributed by atoms with Crippen molar-refractivity contribution < 1.29 is 5.11 Å². The van der Waals surface area contributed by atoms with E-state index in [1.54, 1.807) is 0 Å². The van der Waals surface area contributed by atoms with E-state index in [2.05, 4.69) is 46.2 Å². The van der Waals surface area contributed by atoms with Gasteiger partial charge in [0.2, 0.25) is 0 Å². The highest BCUT2D eigenvalue weighted by molar-refractivity contribution is 7.99. The van der Waals surface area contributed by atoms with Gasteiger partial charge in [-0.15, -0.1) is 0 Å². The third-order valence-electron chi connectivity index (χ3n) is 5.65. The first-order valence-electron chi connectivity index (χ1n) is 10.1. The Balaban J connectivity index is 1.74. The molecule has 0 aliphatic carbocycles. The third-order valence-corrected chi connectivity index (χ3v) is 6.60. The normalized spacial score (nSPS) is 16.3. The summed E-state index contributed by atoms with van der Waals surface area (Å²) in [4.78, 5) is 4.49. The van der Waals surface area contributed by atoms with Gasteiger partial charge in [0.1, 0.15) is 5.60 Å². The van der Waals surface area contributed by atoms with Gasteiger partial charge in [-0.2, -0.15) is 11.8 Å². The number of hydrogen-bond acceptors (Lipinski definition) is 4. The fourth-order valence-electron chi connectivity index (χ4n) is 3.92. The Bertz CT molecular complexity index is 919. The number of rotatable bonds is 5. The summed E-state index contributed by atoms with van der Waals surface area (Å²) in [5, 5.41) is 12.0. The molecule has 0 spiro atoms. The first kappa shape index (κ1) is 19.9. The van der Waals surface area contributed by atoms with Gasteiger partial charge in [0, 0.05) is 50.1 Å². The smallest absolute Gasteiger partial charge is 0.140 e. The Morgan fingerprint density at radius 1 is 0.759 bits per heavy atom. The standard InChI is InChI=1S/C25H28N2OS/c1-26(2)23-12-8-21(9-13-23)25(28,20-6-4-3-5-7-20)22-10-14-24(15-11-22)27-16-18-29-19-17-27/h3-15,28H,16-19H2,1-2H3. The van der Waals surface area contributed by atoms with Crippen LogP contribution in [0.3, 0.4) is 0 Å². The van der Waals surface area contributed by atoms with Crippen molar-refractivity contribution in [2.45, 2.75) is 5.60 Å². The highest BCUT2D eigenvalue weighted by Gasteiger charge is 2.33. The molecule has 3 aromatic rings. The van der Waals surface area contributed by atoms with Gasteiger partial charge < -0.3 is 14.9 Å². The quantitative estimate of drug-likeness (QED) is 0.629. The Hall–Kier alpha value is -2.43. The first-order valence-corrected chi connectivity index (χ1v) is 11.2. The number of hydrogen-bond donors (Lipinski definition) is 1. The molecular formula is C25H28N2OS. The molecular weight excluding hydrogens is 376 g/mol. The minimum Gasteiger partial charge on any atom is -0.378 e. The SMILES string of the molecule is CN(C)c1ccc(C(O)(c2ccccc2)c2ccc(N3CCSCC3)cc2)cc1. The molecule has 0 bridgehead atoms. The van der Waals surface area contributed by atoms with Crippen LogP contribution in [0.4, 0.5) is 11.4 Å². The highest BCUT2D eigenvalue weighted by Crippen LogP contribution is 2.38. The molecule has 1 aliphatic rings. The van der Waals surface area contributed by atoms with Crippen molar-refractivity contribution in [3.63, 3.8) is 0 Å². The van der Waals surface area contributed by atoms with Crippen molar-refractivity contribution in [3.05, 3.63) is 95.6 Å². The lowest BCUT2D eigenvalue weighted by Crippen LogP contribution is -2.32. The molecule has 0 amide bonds. The Labute approximate surface area is 178 Å². The molecule has 1 fully saturated rings. The van der Waals surface area contributed by atoms with E-state index in [1.165, 1.54) is 17.2 Å². The fraction of sp³-hybridized carbons (Fsp3) is 0.280. The number of anilines is 2. The van der Waals surface area contributed by atoms with Crippen LogP contribution in [0.15, 0.2) is 78.9 Å². The molecule has 1 atom stereocenters. The van der Waals surface area contributed by atoms with Crippen LogP contribution in [0, 0.1) is 0 Å². The van der Waals surface area contributed by atoms with E-state index in [0.717, 1.165) is 35.5 Å². The average molecular weight is 405 g/mol. The monoisotopic (exact) mass is 404 g/mol.